The van der Waals surface area contributed by atoms with Crippen LogP contribution in [0, 0.1) is 28.6 Å². The molecule has 4 fully saturated rings. The lowest BCUT2D eigenvalue weighted by Gasteiger charge is -2.40. The number of nitrogens with one attached hydrogen (secondary N) is 2. The summed E-state index contributed by atoms with van der Waals surface area (Å²) in [4.78, 5) is 44.8. The zero-order valence-electron chi connectivity index (χ0n) is 31.1. The minimum Gasteiger partial charge on any atom is -0.377 e. The van der Waals surface area contributed by atoms with E-state index in [-0.39, 0.29) is 79.0 Å². The Morgan fingerprint density at radius 1 is 1.00 bits per heavy atom. The summed E-state index contributed by atoms with van der Waals surface area (Å²) in [5, 5.41) is 10.2. The van der Waals surface area contributed by atoms with E-state index in [0.717, 1.165) is 42.4 Å². The van der Waals surface area contributed by atoms with E-state index in [0.29, 0.717) is 88.0 Å². The van der Waals surface area contributed by atoms with E-state index in [1.807, 2.05) is 6.20 Å². The normalized spacial score (nSPS) is 35.6. The van der Waals surface area contributed by atoms with Crippen LogP contribution in [0.3, 0.4) is 0 Å². The van der Waals surface area contributed by atoms with E-state index in [9.17, 15) is 23.3 Å². The van der Waals surface area contributed by atoms with Crippen molar-refractivity contribution in [1.29, 1.82) is 0 Å². The van der Waals surface area contributed by atoms with Crippen molar-refractivity contribution >= 4 is 35.0 Å². The number of ether oxygens (including phenoxy) is 2. The fourth-order valence-electron chi connectivity index (χ4n) is 10.4. The van der Waals surface area contributed by atoms with Crippen LogP contribution in [0.4, 0.5) is 8.78 Å². The van der Waals surface area contributed by atoms with Gasteiger partial charge >= 0.3 is 0 Å². The summed E-state index contributed by atoms with van der Waals surface area (Å²) in [5.74, 6) is -3.31. The Labute approximate surface area is 326 Å². The number of halogens is 4. The molecule has 6 unspecified atom stereocenters. The van der Waals surface area contributed by atoms with Gasteiger partial charge in [0.2, 0.25) is 11.8 Å². The molecule has 0 radical (unpaired) electrons. The molecule has 2 saturated heterocycles. The smallest absolute Gasteiger partial charge is 0.253 e. The Morgan fingerprint density at radius 3 is 2.46 bits per heavy atom. The monoisotopic (exact) mass is 791 g/mol. The minimum atomic E-state index is -2.69. The van der Waals surface area contributed by atoms with Gasteiger partial charge in [0.05, 0.1) is 61.4 Å². The highest BCUT2D eigenvalue weighted by atomic mass is 35.5. The Balaban J connectivity index is 0.939. The first-order chi connectivity index (χ1) is 26.0. The second-order valence-corrected chi connectivity index (χ2v) is 18.1. The molecule has 8 rings (SSSR count). The Bertz CT molecular complexity index is 1640. The van der Waals surface area contributed by atoms with Gasteiger partial charge in [0, 0.05) is 55.0 Å². The number of carbonyl (C=O) groups excluding carboxylic acids is 2. The summed E-state index contributed by atoms with van der Waals surface area (Å²) in [5.41, 5.74) is 3.56. The molecule has 0 aromatic carbocycles. The van der Waals surface area contributed by atoms with Gasteiger partial charge in [0.1, 0.15) is 5.54 Å². The molecule has 0 spiro atoms. The molecule has 2 amide bonds. The van der Waals surface area contributed by atoms with Crippen molar-refractivity contribution in [3.05, 3.63) is 50.2 Å². The van der Waals surface area contributed by atoms with Crippen molar-refractivity contribution in [1.82, 2.24) is 20.4 Å². The summed E-state index contributed by atoms with van der Waals surface area (Å²) >= 11 is 14.2. The van der Waals surface area contributed by atoms with Crippen LogP contribution in [0.15, 0.2) is 50.5 Å². The molecule has 0 aromatic rings. The molecule has 2 saturated carbocycles. The van der Waals surface area contributed by atoms with Crippen LogP contribution in [-0.4, -0.2) is 103 Å². The highest BCUT2D eigenvalue weighted by Gasteiger charge is 2.48. The van der Waals surface area contributed by atoms with E-state index < -0.39 is 11.5 Å². The quantitative estimate of drug-likeness (QED) is 0.147. The average molecular weight is 793 g/mol. The number of hydrogen-bond acceptors (Lipinski definition) is 8. The number of nitrogens with zero attached hydrogens (tertiary/aromatic N) is 3. The van der Waals surface area contributed by atoms with Crippen molar-refractivity contribution in [3.63, 3.8) is 0 Å². The highest BCUT2D eigenvalue weighted by Crippen LogP contribution is 2.48. The van der Waals surface area contributed by atoms with Gasteiger partial charge in [-0.15, -0.1) is 11.6 Å². The zero-order chi connectivity index (χ0) is 37.8. The number of amides is 2. The number of allylic oxidation sites excluding steroid dienone is 3. The molecule has 4 aliphatic heterocycles. The lowest BCUT2D eigenvalue weighted by molar-refractivity contribution is -0.125. The van der Waals surface area contributed by atoms with Crippen LogP contribution in [0.25, 0.3) is 0 Å². The Morgan fingerprint density at radius 2 is 1.76 bits per heavy atom. The van der Waals surface area contributed by atoms with Gasteiger partial charge in [0.15, 0.2) is 0 Å². The number of rotatable bonds is 10. The molecule has 0 aromatic heterocycles. The third-order valence-electron chi connectivity index (χ3n) is 13.7. The largest absolute Gasteiger partial charge is 0.377 e. The predicted molar refractivity (Wildman–Crippen MR) is 202 cm³/mol. The maximum absolute atomic E-state index is 14.1. The third kappa shape index (κ3) is 7.26. The zero-order valence-corrected chi connectivity index (χ0v) is 32.6. The predicted octanol–water partition coefficient (Wildman–Crippen LogP) is 6.54. The maximum Gasteiger partial charge on any atom is 0.253 e. The van der Waals surface area contributed by atoms with E-state index in [1.165, 1.54) is 5.70 Å². The van der Waals surface area contributed by atoms with Crippen molar-refractivity contribution in [2.24, 2.45) is 28.8 Å². The molecule has 0 bridgehead atoms. The lowest BCUT2D eigenvalue weighted by Crippen LogP contribution is -2.50. The molecular weight excluding hydrogens is 739 g/mol. The van der Waals surface area contributed by atoms with Gasteiger partial charge in [-0.2, -0.15) is 4.91 Å². The first kappa shape index (κ1) is 38.3. The summed E-state index contributed by atoms with van der Waals surface area (Å²) in [6.07, 6.45) is 10.7. The summed E-state index contributed by atoms with van der Waals surface area (Å²) in [7, 11) is 0. The average Bonchev–Trinajstić information content (AvgIpc) is 3.60. The van der Waals surface area contributed by atoms with Crippen LogP contribution >= 0.6 is 23.2 Å². The van der Waals surface area contributed by atoms with E-state index in [2.05, 4.69) is 38.6 Å². The molecule has 54 heavy (non-hydrogen) atoms. The van der Waals surface area contributed by atoms with Gasteiger partial charge in [-0.25, -0.2) is 8.78 Å². The molecule has 14 heteroatoms. The number of fused-ring (bicyclic) bond motifs is 1. The number of carbonyl (C=O) groups is 2. The van der Waals surface area contributed by atoms with Gasteiger partial charge < -0.3 is 29.9 Å². The molecule has 4 aliphatic carbocycles. The summed E-state index contributed by atoms with van der Waals surface area (Å²) < 4.78 is 39.2. The number of alkyl halides is 3. The summed E-state index contributed by atoms with van der Waals surface area (Å²) in [6.45, 7) is 5.62. The molecule has 8 aliphatic rings. The minimum absolute atomic E-state index is 0.0571. The Kier molecular flexibility index (Phi) is 11.0. The highest BCUT2D eigenvalue weighted by molar-refractivity contribution is 6.33. The molecule has 2 N–H and O–H groups in total. The van der Waals surface area contributed by atoms with Gasteiger partial charge in [-0.3, -0.25) is 9.59 Å². The number of nitroso groups, excluding NO2 is 1. The maximum atomic E-state index is 14.1. The van der Waals surface area contributed by atoms with Crippen LogP contribution in [0.2, 0.25) is 0 Å². The molecule has 4 heterocycles. The standard InChI is InChI=1S/C40H53Cl2F2N5O5/c1-23-6-8-31(41)33-29(17-49(36(23)33)27-20-54-21-27)38(51)46-22-39(47-52)11-3-5-25(10-13-39)28-7-9-32-34(35(28)42)30(16-48(32)26-18-53-19-26)37(50)45-15-24-4-2-12-40(43,44)14-24/h7,16,23-27,29,31-32H,2-6,8-15,17-22H2,1H3,(H,45,50)(H,46,51)/t23?,24?,25?,29?,31-,32?,39?/m1/s1. The fourth-order valence-corrected chi connectivity index (χ4v) is 11.3. The first-order valence-corrected chi connectivity index (χ1v) is 21.0. The lowest BCUT2D eigenvalue weighted by atomic mass is 9.82. The molecule has 7 atom stereocenters. The first-order valence-electron chi connectivity index (χ1n) is 20.2. The third-order valence-corrected chi connectivity index (χ3v) is 14.5. The van der Waals surface area contributed by atoms with Crippen LogP contribution in [0.1, 0.15) is 84.0 Å². The molecule has 296 valence electrons. The Hall–Kier alpha value is -2.54. The van der Waals surface area contributed by atoms with E-state index in [1.54, 1.807) is 0 Å². The van der Waals surface area contributed by atoms with E-state index in [4.69, 9.17) is 32.7 Å². The second-order valence-electron chi connectivity index (χ2n) is 17.2. The topological polar surface area (TPSA) is 113 Å². The molecule has 10 nitrogen and oxygen atoms in total. The van der Waals surface area contributed by atoms with E-state index >= 15 is 0 Å². The van der Waals surface area contributed by atoms with Crippen molar-refractivity contribution < 1.29 is 27.8 Å². The molecular formula is C40H53Cl2F2N5O5. The van der Waals surface area contributed by atoms with Crippen molar-refractivity contribution in [2.75, 3.05) is 46.1 Å². The SMILES string of the molecule is CC1CC[C@@H](Cl)C2=C1N(C1COC1)CC2C(=O)NCC1(N=O)CCCC(C2=CCC3C(=C2Cl)C(C(=O)NCC2CCCC(F)(F)C2)=CN3C2COC2)CC1. The van der Waals surface area contributed by atoms with Crippen molar-refractivity contribution in [2.45, 2.75) is 119 Å². The fraction of sp³-hybridized carbons (Fsp3) is 0.750. The van der Waals surface area contributed by atoms with Gasteiger partial charge in [-0.05, 0) is 86.7 Å². The van der Waals surface area contributed by atoms with Crippen LogP contribution in [0.5, 0.6) is 0 Å². The van der Waals surface area contributed by atoms with Crippen molar-refractivity contribution in [3.8, 4) is 0 Å². The van der Waals surface area contributed by atoms with Crippen LogP contribution in [-0.2, 0) is 19.1 Å². The summed E-state index contributed by atoms with van der Waals surface area (Å²) in [6, 6.07) is 0.298. The number of hydrogen-bond donors (Lipinski definition) is 2. The van der Waals surface area contributed by atoms with Gasteiger partial charge in [-0.1, -0.05) is 36.2 Å². The van der Waals surface area contributed by atoms with Crippen LogP contribution < -0.4 is 10.6 Å². The van der Waals surface area contributed by atoms with Gasteiger partial charge in [0.25, 0.3) is 5.91 Å². The second kappa shape index (κ2) is 15.4.